The van der Waals surface area contributed by atoms with Crippen molar-refractivity contribution in [2.45, 2.75) is 19.4 Å². The van der Waals surface area contributed by atoms with Crippen LogP contribution in [0.5, 0.6) is 0 Å². The van der Waals surface area contributed by atoms with Gasteiger partial charge in [0.2, 0.25) is 0 Å². The van der Waals surface area contributed by atoms with Crippen molar-refractivity contribution in [3.05, 3.63) is 17.0 Å². The molecule has 1 aliphatic rings. The lowest BCUT2D eigenvalue weighted by Crippen LogP contribution is -2.50. The first-order valence-corrected chi connectivity index (χ1v) is 7.22. The lowest BCUT2D eigenvalue weighted by Gasteiger charge is -2.34. The molecule has 0 spiro atoms. The van der Waals surface area contributed by atoms with Gasteiger partial charge in [-0.25, -0.2) is 0 Å². The lowest BCUT2D eigenvalue weighted by molar-refractivity contribution is 0.192. The van der Waals surface area contributed by atoms with Crippen LogP contribution in [0.15, 0.2) is 11.4 Å². The van der Waals surface area contributed by atoms with E-state index >= 15 is 0 Å². The van der Waals surface area contributed by atoms with E-state index in [0.29, 0.717) is 6.04 Å². The van der Waals surface area contributed by atoms with Crippen LogP contribution >= 0.6 is 11.3 Å². The number of nitrogens with one attached hydrogen (secondary N) is 1. The summed E-state index contributed by atoms with van der Waals surface area (Å²) in [7, 11) is 4.44. The summed E-state index contributed by atoms with van der Waals surface area (Å²) in [5.41, 5.74) is 1.40. The first-order valence-electron chi connectivity index (χ1n) is 6.34. The molecule has 0 amide bonds. The highest BCUT2D eigenvalue weighted by Gasteiger charge is 2.19. The van der Waals surface area contributed by atoms with E-state index < -0.39 is 0 Å². The molecule has 2 rings (SSSR count). The van der Waals surface area contributed by atoms with Crippen LogP contribution in [0, 0.1) is 6.92 Å². The third-order valence-electron chi connectivity index (χ3n) is 3.62. The summed E-state index contributed by atoms with van der Waals surface area (Å²) in [5.74, 6) is 0. The van der Waals surface area contributed by atoms with Crippen LogP contribution in [0.2, 0.25) is 0 Å². The molecule has 1 unspecified atom stereocenters. The third kappa shape index (κ3) is 3.21. The maximum Gasteiger partial charge on any atom is 0.0935 e. The minimum absolute atomic E-state index is 0.687. The quantitative estimate of drug-likeness (QED) is 0.882. The standard InChI is InChI=1S/C13H23N3S/c1-11-5-9-17-13(11)16(3)7-4-12-10-14-6-8-15(12)2/h5,9,12,14H,4,6-8,10H2,1-3H3. The van der Waals surface area contributed by atoms with Crippen LogP contribution in [0.4, 0.5) is 5.00 Å². The number of thiophene rings is 1. The maximum absolute atomic E-state index is 3.48. The molecule has 2 heterocycles. The molecule has 1 aliphatic heterocycles. The van der Waals surface area contributed by atoms with Crippen LogP contribution in [0.3, 0.4) is 0 Å². The monoisotopic (exact) mass is 253 g/mol. The van der Waals surface area contributed by atoms with Gasteiger partial charge in [0.25, 0.3) is 0 Å². The van der Waals surface area contributed by atoms with Crippen molar-refractivity contribution in [2.24, 2.45) is 0 Å². The predicted molar refractivity (Wildman–Crippen MR) is 76.2 cm³/mol. The maximum atomic E-state index is 3.48. The number of anilines is 1. The summed E-state index contributed by atoms with van der Waals surface area (Å²) in [4.78, 5) is 4.87. The summed E-state index contributed by atoms with van der Waals surface area (Å²) in [6.07, 6.45) is 1.23. The van der Waals surface area contributed by atoms with Gasteiger partial charge in [0.05, 0.1) is 5.00 Å². The molecule has 1 N–H and O–H groups in total. The SMILES string of the molecule is Cc1ccsc1N(C)CCC1CNCCN1C. The van der Waals surface area contributed by atoms with Gasteiger partial charge in [-0.1, -0.05) is 0 Å². The highest BCUT2D eigenvalue weighted by atomic mass is 32.1. The smallest absolute Gasteiger partial charge is 0.0935 e. The third-order valence-corrected chi connectivity index (χ3v) is 4.75. The molecule has 0 saturated carbocycles. The predicted octanol–water partition coefficient (Wildman–Crippen LogP) is 1.79. The Balaban J connectivity index is 1.83. The molecule has 0 aromatic carbocycles. The molecule has 0 radical (unpaired) electrons. The lowest BCUT2D eigenvalue weighted by atomic mass is 10.1. The van der Waals surface area contributed by atoms with Crippen LogP contribution in [-0.2, 0) is 0 Å². The number of nitrogens with zero attached hydrogens (tertiary/aromatic N) is 2. The van der Waals surface area contributed by atoms with E-state index in [0.717, 1.165) is 19.6 Å². The number of piperazine rings is 1. The normalized spacial score (nSPS) is 21.7. The first kappa shape index (κ1) is 12.9. The van der Waals surface area contributed by atoms with Crippen molar-refractivity contribution >= 4 is 16.3 Å². The van der Waals surface area contributed by atoms with E-state index in [2.05, 4.69) is 47.6 Å². The molecule has 1 aromatic rings. The van der Waals surface area contributed by atoms with Crippen LogP contribution in [0.1, 0.15) is 12.0 Å². The van der Waals surface area contributed by atoms with Gasteiger partial charge in [-0.2, -0.15) is 0 Å². The van der Waals surface area contributed by atoms with Gasteiger partial charge in [0, 0.05) is 39.3 Å². The summed E-state index contributed by atoms with van der Waals surface area (Å²) in [5, 5.41) is 7.07. The Morgan fingerprint density at radius 1 is 1.59 bits per heavy atom. The summed E-state index contributed by atoms with van der Waals surface area (Å²) < 4.78 is 0. The fourth-order valence-electron chi connectivity index (χ4n) is 2.38. The number of hydrogen-bond donors (Lipinski definition) is 1. The highest BCUT2D eigenvalue weighted by Crippen LogP contribution is 2.26. The summed E-state index contributed by atoms with van der Waals surface area (Å²) in [6, 6.07) is 2.89. The molecule has 1 fully saturated rings. The molecule has 17 heavy (non-hydrogen) atoms. The molecule has 0 aliphatic carbocycles. The molecule has 96 valence electrons. The van der Waals surface area contributed by atoms with Crippen molar-refractivity contribution in [3.63, 3.8) is 0 Å². The minimum atomic E-state index is 0.687. The van der Waals surface area contributed by atoms with E-state index in [4.69, 9.17) is 0 Å². The van der Waals surface area contributed by atoms with Crippen molar-refractivity contribution in [3.8, 4) is 0 Å². The average molecular weight is 253 g/mol. The summed E-state index contributed by atoms with van der Waals surface area (Å²) in [6.45, 7) is 6.77. The first-order chi connectivity index (χ1) is 8.18. The second-order valence-corrected chi connectivity index (χ2v) is 5.85. The molecular formula is C13H23N3S. The van der Waals surface area contributed by atoms with E-state index in [1.807, 2.05) is 11.3 Å². The number of hydrogen-bond acceptors (Lipinski definition) is 4. The van der Waals surface area contributed by atoms with Gasteiger partial charge < -0.3 is 15.1 Å². The van der Waals surface area contributed by atoms with Crippen molar-refractivity contribution in [1.82, 2.24) is 10.2 Å². The molecular weight excluding hydrogens is 230 g/mol. The number of aryl methyl sites for hydroxylation is 1. The molecule has 1 saturated heterocycles. The second-order valence-electron chi connectivity index (χ2n) is 4.96. The molecule has 4 heteroatoms. The Kier molecular flexibility index (Phi) is 4.42. The van der Waals surface area contributed by atoms with Gasteiger partial charge in [0.1, 0.15) is 0 Å². The fraction of sp³-hybridized carbons (Fsp3) is 0.692. The van der Waals surface area contributed by atoms with E-state index in [1.54, 1.807) is 0 Å². The largest absolute Gasteiger partial charge is 0.366 e. The van der Waals surface area contributed by atoms with Crippen LogP contribution in [0.25, 0.3) is 0 Å². The topological polar surface area (TPSA) is 18.5 Å². The van der Waals surface area contributed by atoms with Crippen molar-refractivity contribution < 1.29 is 0 Å². The minimum Gasteiger partial charge on any atom is -0.366 e. The zero-order valence-electron chi connectivity index (χ0n) is 11.1. The van der Waals surface area contributed by atoms with Gasteiger partial charge in [0.15, 0.2) is 0 Å². The highest BCUT2D eigenvalue weighted by molar-refractivity contribution is 7.14. The molecule has 1 aromatic heterocycles. The van der Waals surface area contributed by atoms with Gasteiger partial charge in [-0.3, -0.25) is 0 Å². The van der Waals surface area contributed by atoms with E-state index in [-0.39, 0.29) is 0 Å². The second kappa shape index (κ2) is 5.85. The van der Waals surface area contributed by atoms with Gasteiger partial charge >= 0.3 is 0 Å². The van der Waals surface area contributed by atoms with Gasteiger partial charge in [-0.15, -0.1) is 11.3 Å². The van der Waals surface area contributed by atoms with E-state index in [9.17, 15) is 0 Å². The number of rotatable bonds is 4. The Labute approximate surface area is 108 Å². The average Bonchev–Trinajstić information content (AvgIpc) is 2.74. The zero-order chi connectivity index (χ0) is 12.3. The van der Waals surface area contributed by atoms with Crippen molar-refractivity contribution in [1.29, 1.82) is 0 Å². The molecule has 0 bridgehead atoms. The van der Waals surface area contributed by atoms with Gasteiger partial charge in [-0.05, 0) is 37.4 Å². The van der Waals surface area contributed by atoms with Crippen LogP contribution < -0.4 is 10.2 Å². The number of likely N-dealkylation sites (N-methyl/N-ethyl adjacent to an activating group) is 1. The Hall–Kier alpha value is -0.580. The van der Waals surface area contributed by atoms with E-state index in [1.165, 1.54) is 23.5 Å². The van der Waals surface area contributed by atoms with Crippen LogP contribution in [-0.4, -0.2) is 51.2 Å². The Morgan fingerprint density at radius 3 is 3.06 bits per heavy atom. The molecule has 3 nitrogen and oxygen atoms in total. The molecule has 1 atom stereocenters. The Morgan fingerprint density at radius 2 is 2.41 bits per heavy atom. The zero-order valence-corrected chi connectivity index (χ0v) is 11.9. The summed E-state index contributed by atoms with van der Waals surface area (Å²) >= 11 is 1.84. The van der Waals surface area contributed by atoms with Crippen molar-refractivity contribution in [2.75, 3.05) is 45.2 Å². The Bertz CT molecular complexity index is 350. The fourth-order valence-corrected chi connectivity index (χ4v) is 3.31.